The van der Waals surface area contributed by atoms with E-state index in [4.69, 9.17) is 0 Å². The van der Waals surface area contributed by atoms with E-state index in [0.29, 0.717) is 0 Å². The van der Waals surface area contributed by atoms with Crippen molar-refractivity contribution in [3.8, 4) is 0 Å². The number of aryl methyl sites for hydroxylation is 1. The minimum atomic E-state index is 0.236. The van der Waals surface area contributed by atoms with Crippen LogP contribution in [0.3, 0.4) is 0 Å². The predicted molar refractivity (Wildman–Crippen MR) is 63.9 cm³/mol. The normalized spacial score (nSPS) is 12.3. The Morgan fingerprint density at radius 2 is 1.93 bits per heavy atom. The molecule has 0 saturated carbocycles. The first-order valence-corrected chi connectivity index (χ1v) is 5.13. The lowest BCUT2D eigenvalue weighted by atomic mass is 10.1. The average Bonchev–Trinajstić information content (AvgIpc) is 2.68. The lowest BCUT2D eigenvalue weighted by molar-refractivity contribution is 0.705. The van der Waals surface area contributed by atoms with Crippen LogP contribution in [-0.2, 0) is 0 Å². The Hall–Kier alpha value is -1.76. The summed E-state index contributed by atoms with van der Waals surface area (Å²) in [6.07, 6.45) is 6.20. The molecular formula is C14H15N. The molecule has 2 rings (SSSR count). The van der Waals surface area contributed by atoms with Crippen LogP contribution in [0.25, 0.3) is 0 Å². The Labute approximate surface area is 90.7 Å². The molecule has 0 aliphatic rings. The van der Waals surface area contributed by atoms with Crippen molar-refractivity contribution in [1.82, 2.24) is 4.57 Å². The van der Waals surface area contributed by atoms with E-state index in [1.807, 2.05) is 12.1 Å². The maximum atomic E-state index is 3.90. The number of hydrogen-bond acceptors (Lipinski definition) is 0. The Kier molecular flexibility index (Phi) is 2.72. The van der Waals surface area contributed by atoms with Crippen LogP contribution in [0.5, 0.6) is 0 Å². The number of nitrogens with zero attached hydrogens (tertiary/aromatic N) is 1. The predicted octanol–water partition coefficient (Wildman–Crippen LogP) is 3.57. The van der Waals surface area contributed by atoms with Crippen molar-refractivity contribution in [2.75, 3.05) is 0 Å². The third-order valence-electron chi connectivity index (χ3n) is 2.55. The molecular weight excluding hydrogens is 182 g/mol. The van der Waals surface area contributed by atoms with Gasteiger partial charge in [0.2, 0.25) is 0 Å². The van der Waals surface area contributed by atoms with Crippen LogP contribution in [0.2, 0.25) is 0 Å². The number of rotatable bonds is 3. The first-order chi connectivity index (χ1) is 7.31. The number of hydrogen-bond donors (Lipinski definition) is 0. The molecule has 1 aromatic carbocycles. The van der Waals surface area contributed by atoms with Gasteiger partial charge in [-0.1, -0.05) is 36.4 Å². The van der Waals surface area contributed by atoms with Crippen molar-refractivity contribution in [3.05, 3.63) is 72.6 Å². The van der Waals surface area contributed by atoms with Crippen molar-refractivity contribution < 1.29 is 0 Å². The molecule has 0 aliphatic carbocycles. The smallest absolute Gasteiger partial charge is 0.0761 e. The zero-order valence-electron chi connectivity index (χ0n) is 8.93. The molecule has 0 spiro atoms. The summed E-state index contributed by atoms with van der Waals surface area (Å²) in [5, 5.41) is 0. The number of benzene rings is 1. The molecule has 1 heterocycles. The summed E-state index contributed by atoms with van der Waals surface area (Å²) in [6.45, 7) is 6.00. The van der Waals surface area contributed by atoms with Gasteiger partial charge >= 0.3 is 0 Å². The fourth-order valence-corrected chi connectivity index (χ4v) is 1.78. The van der Waals surface area contributed by atoms with E-state index in [9.17, 15) is 0 Å². The molecule has 0 saturated heterocycles. The average molecular weight is 197 g/mol. The lowest BCUT2D eigenvalue weighted by Gasteiger charge is -2.14. The third-order valence-corrected chi connectivity index (χ3v) is 2.55. The highest BCUT2D eigenvalue weighted by Gasteiger charge is 2.07. The molecule has 0 amide bonds. The van der Waals surface area contributed by atoms with Crippen LogP contribution in [0.15, 0.2) is 61.4 Å². The van der Waals surface area contributed by atoms with Crippen LogP contribution in [0.1, 0.15) is 17.2 Å². The summed E-state index contributed by atoms with van der Waals surface area (Å²) in [7, 11) is 0. The second-order valence-electron chi connectivity index (χ2n) is 3.73. The maximum absolute atomic E-state index is 3.90. The van der Waals surface area contributed by atoms with Crippen molar-refractivity contribution in [2.45, 2.75) is 13.0 Å². The summed E-state index contributed by atoms with van der Waals surface area (Å²) in [6, 6.07) is 12.7. The summed E-state index contributed by atoms with van der Waals surface area (Å²) >= 11 is 0. The van der Waals surface area contributed by atoms with Crippen LogP contribution >= 0.6 is 0 Å². The summed E-state index contributed by atoms with van der Waals surface area (Å²) in [4.78, 5) is 0. The Bertz CT molecular complexity index is 439. The van der Waals surface area contributed by atoms with Gasteiger partial charge < -0.3 is 4.57 Å². The fourth-order valence-electron chi connectivity index (χ4n) is 1.78. The molecule has 76 valence electrons. The standard InChI is InChI=1S/C14H15N/c1-3-14(13-7-5-4-6-8-13)15-10-9-12(2)11-15/h3-11,14H,1H2,2H3. The Morgan fingerprint density at radius 1 is 1.20 bits per heavy atom. The molecule has 1 nitrogen and oxygen atoms in total. The van der Waals surface area contributed by atoms with Crippen LogP contribution < -0.4 is 0 Å². The van der Waals surface area contributed by atoms with Gasteiger partial charge in [-0.15, -0.1) is 6.58 Å². The first kappa shape index (κ1) is 9.78. The zero-order valence-corrected chi connectivity index (χ0v) is 8.93. The number of aromatic nitrogens is 1. The monoisotopic (exact) mass is 197 g/mol. The largest absolute Gasteiger partial charge is 0.343 e. The van der Waals surface area contributed by atoms with E-state index in [1.54, 1.807) is 0 Å². The topological polar surface area (TPSA) is 4.93 Å². The lowest BCUT2D eigenvalue weighted by Crippen LogP contribution is -2.04. The van der Waals surface area contributed by atoms with Gasteiger partial charge in [-0.05, 0) is 24.1 Å². The quantitative estimate of drug-likeness (QED) is 0.663. The van der Waals surface area contributed by atoms with Crippen LogP contribution in [0, 0.1) is 6.92 Å². The van der Waals surface area contributed by atoms with E-state index >= 15 is 0 Å². The van der Waals surface area contributed by atoms with Crippen molar-refractivity contribution in [2.24, 2.45) is 0 Å². The minimum Gasteiger partial charge on any atom is -0.343 e. The molecule has 0 fully saturated rings. The second kappa shape index (κ2) is 4.18. The van der Waals surface area contributed by atoms with E-state index < -0.39 is 0 Å². The molecule has 1 heteroatoms. The summed E-state index contributed by atoms with van der Waals surface area (Å²) in [5.41, 5.74) is 2.54. The maximum Gasteiger partial charge on any atom is 0.0761 e. The van der Waals surface area contributed by atoms with Crippen LogP contribution in [-0.4, -0.2) is 4.57 Å². The van der Waals surface area contributed by atoms with Gasteiger partial charge in [-0.3, -0.25) is 0 Å². The van der Waals surface area contributed by atoms with E-state index in [-0.39, 0.29) is 6.04 Å². The van der Waals surface area contributed by atoms with Gasteiger partial charge in [0.1, 0.15) is 0 Å². The van der Waals surface area contributed by atoms with Gasteiger partial charge in [-0.2, -0.15) is 0 Å². The summed E-state index contributed by atoms with van der Waals surface area (Å²) in [5.74, 6) is 0. The van der Waals surface area contributed by atoms with E-state index in [1.165, 1.54) is 11.1 Å². The summed E-state index contributed by atoms with van der Waals surface area (Å²) < 4.78 is 2.18. The van der Waals surface area contributed by atoms with Gasteiger partial charge in [-0.25, -0.2) is 0 Å². The molecule has 0 N–H and O–H groups in total. The molecule has 1 atom stereocenters. The SMILES string of the molecule is C=CC(c1ccccc1)n1ccc(C)c1. The molecule has 15 heavy (non-hydrogen) atoms. The van der Waals surface area contributed by atoms with Gasteiger partial charge in [0.05, 0.1) is 6.04 Å². The van der Waals surface area contributed by atoms with Crippen molar-refractivity contribution in [3.63, 3.8) is 0 Å². The molecule has 1 aromatic heterocycles. The number of allylic oxidation sites excluding steroid dienone is 1. The second-order valence-corrected chi connectivity index (χ2v) is 3.73. The highest BCUT2D eigenvalue weighted by Crippen LogP contribution is 2.19. The van der Waals surface area contributed by atoms with Gasteiger partial charge in [0, 0.05) is 12.4 Å². The first-order valence-electron chi connectivity index (χ1n) is 5.13. The molecule has 1 unspecified atom stereocenters. The molecule has 0 radical (unpaired) electrons. The van der Waals surface area contributed by atoms with Crippen molar-refractivity contribution >= 4 is 0 Å². The molecule has 0 bridgehead atoms. The van der Waals surface area contributed by atoms with Gasteiger partial charge in [0.25, 0.3) is 0 Å². The Balaban J connectivity index is 2.37. The highest BCUT2D eigenvalue weighted by atomic mass is 15.0. The highest BCUT2D eigenvalue weighted by molar-refractivity contribution is 5.25. The minimum absolute atomic E-state index is 0.236. The van der Waals surface area contributed by atoms with E-state index in [0.717, 1.165) is 0 Å². The Morgan fingerprint density at radius 3 is 2.47 bits per heavy atom. The van der Waals surface area contributed by atoms with Gasteiger partial charge in [0.15, 0.2) is 0 Å². The van der Waals surface area contributed by atoms with Crippen molar-refractivity contribution in [1.29, 1.82) is 0 Å². The van der Waals surface area contributed by atoms with E-state index in [2.05, 4.69) is 60.8 Å². The zero-order chi connectivity index (χ0) is 10.7. The molecule has 2 aromatic rings. The fraction of sp³-hybridized carbons (Fsp3) is 0.143. The molecule has 0 aliphatic heterocycles. The third kappa shape index (κ3) is 2.01. The van der Waals surface area contributed by atoms with Crippen LogP contribution in [0.4, 0.5) is 0 Å².